The predicted molar refractivity (Wildman–Crippen MR) is 83.8 cm³/mol. The first kappa shape index (κ1) is 15.5. The Bertz CT molecular complexity index is 669. The molecular weight excluding hydrogens is 297 g/mol. The Morgan fingerprint density at radius 2 is 2.13 bits per heavy atom. The van der Waals surface area contributed by atoms with Crippen molar-refractivity contribution in [2.24, 2.45) is 0 Å². The summed E-state index contributed by atoms with van der Waals surface area (Å²) in [7, 11) is 0. The highest BCUT2D eigenvalue weighted by Gasteiger charge is 2.27. The van der Waals surface area contributed by atoms with Crippen molar-refractivity contribution in [1.29, 1.82) is 0 Å². The van der Waals surface area contributed by atoms with Crippen molar-refractivity contribution in [3.8, 4) is 0 Å². The highest BCUT2D eigenvalue weighted by atomic mass is 19.1. The lowest BCUT2D eigenvalue weighted by atomic mass is 9.94. The molecule has 0 spiro atoms. The highest BCUT2D eigenvalue weighted by molar-refractivity contribution is 5.77. The number of hydrogen-bond donors (Lipinski definition) is 2. The number of piperidine rings is 1. The van der Waals surface area contributed by atoms with Gasteiger partial charge in [0.1, 0.15) is 11.6 Å². The fraction of sp³-hybridized carbons (Fsp3) is 0.438. The van der Waals surface area contributed by atoms with Gasteiger partial charge in [0.25, 0.3) is 0 Å². The summed E-state index contributed by atoms with van der Waals surface area (Å²) < 4.78 is 13.1. The minimum atomic E-state index is -0.259. The number of aryl methyl sites for hydroxylation is 1. The first-order valence-corrected chi connectivity index (χ1v) is 7.85. The van der Waals surface area contributed by atoms with E-state index in [1.54, 1.807) is 12.1 Å². The molecule has 7 heteroatoms. The first-order chi connectivity index (χ1) is 11.1. The van der Waals surface area contributed by atoms with E-state index in [9.17, 15) is 9.18 Å². The van der Waals surface area contributed by atoms with Crippen LogP contribution in [0.5, 0.6) is 0 Å². The van der Waals surface area contributed by atoms with Crippen LogP contribution in [0.3, 0.4) is 0 Å². The lowest BCUT2D eigenvalue weighted by Gasteiger charge is -2.36. The number of hydrogen-bond acceptors (Lipinski definition) is 4. The van der Waals surface area contributed by atoms with Gasteiger partial charge in [0.15, 0.2) is 0 Å². The van der Waals surface area contributed by atoms with Crippen molar-refractivity contribution in [3.63, 3.8) is 0 Å². The Morgan fingerprint density at radius 1 is 1.35 bits per heavy atom. The van der Waals surface area contributed by atoms with E-state index in [2.05, 4.69) is 15.2 Å². The average Bonchev–Trinajstić information content (AvgIpc) is 2.99. The second-order valence-corrected chi connectivity index (χ2v) is 5.79. The number of halogens is 1. The zero-order valence-corrected chi connectivity index (χ0v) is 12.8. The number of amides is 1. The van der Waals surface area contributed by atoms with Crippen LogP contribution >= 0.6 is 0 Å². The normalized spacial score (nSPS) is 18.1. The topological polar surface area (TPSA) is 87.9 Å². The summed E-state index contributed by atoms with van der Waals surface area (Å²) in [4.78, 5) is 18.5. The van der Waals surface area contributed by atoms with Gasteiger partial charge in [0, 0.05) is 19.4 Å². The number of nitrogens with zero attached hydrogens (tertiary/aromatic N) is 3. The highest BCUT2D eigenvalue weighted by Crippen LogP contribution is 2.31. The van der Waals surface area contributed by atoms with E-state index < -0.39 is 0 Å². The number of nitrogens with two attached hydrogens (primary N) is 1. The predicted octanol–water partition coefficient (Wildman–Crippen LogP) is 2.21. The number of aromatic nitrogens is 3. The van der Waals surface area contributed by atoms with Gasteiger partial charge < -0.3 is 10.6 Å². The number of carbonyl (C=O) groups excluding carboxylic acids is 1. The van der Waals surface area contributed by atoms with Gasteiger partial charge in [-0.05, 0) is 37.0 Å². The standard InChI is InChI=1S/C16H20FN5O/c17-12-6-4-11(5-7-12)13-3-1-2-10-22(13)15(23)9-8-14-19-16(18)21-20-14/h4-7,13H,1-3,8-10H2,(H3,18,19,20,21)/t13-/m1/s1. The lowest BCUT2D eigenvalue weighted by molar-refractivity contribution is -0.135. The van der Waals surface area contributed by atoms with Crippen LogP contribution in [0.15, 0.2) is 24.3 Å². The van der Waals surface area contributed by atoms with Crippen LogP contribution < -0.4 is 5.73 Å². The van der Waals surface area contributed by atoms with Gasteiger partial charge in [-0.1, -0.05) is 12.1 Å². The quantitative estimate of drug-likeness (QED) is 0.905. The molecule has 23 heavy (non-hydrogen) atoms. The molecule has 2 heterocycles. The molecule has 3 rings (SSSR count). The summed E-state index contributed by atoms with van der Waals surface area (Å²) in [5.74, 6) is 0.625. The van der Waals surface area contributed by atoms with Gasteiger partial charge >= 0.3 is 0 Å². The summed E-state index contributed by atoms with van der Waals surface area (Å²) in [6, 6.07) is 6.45. The average molecular weight is 317 g/mol. The number of carbonyl (C=O) groups is 1. The summed E-state index contributed by atoms with van der Waals surface area (Å²) >= 11 is 0. The third-order valence-electron chi connectivity index (χ3n) is 4.20. The van der Waals surface area contributed by atoms with Gasteiger partial charge in [0.2, 0.25) is 11.9 Å². The van der Waals surface area contributed by atoms with Crippen LogP contribution in [0, 0.1) is 5.82 Å². The van der Waals surface area contributed by atoms with Crippen LogP contribution in [0.2, 0.25) is 0 Å². The van der Waals surface area contributed by atoms with Gasteiger partial charge in [0.05, 0.1) is 6.04 Å². The van der Waals surface area contributed by atoms with Crippen LogP contribution in [0.1, 0.15) is 43.1 Å². The smallest absolute Gasteiger partial charge is 0.239 e. The number of H-pyrrole nitrogens is 1. The van der Waals surface area contributed by atoms with E-state index in [0.717, 1.165) is 31.4 Å². The number of benzene rings is 1. The van der Waals surface area contributed by atoms with Gasteiger partial charge in [-0.3, -0.25) is 9.89 Å². The Kier molecular flexibility index (Phi) is 4.55. The molecule has 1 aliphatic rings. The SMILES string of the molecule is Nc1n[nH]c(CCC(=O)N2CCCC[C@@H]2c2ccc(F)cc2)n1. The number of aromatic amines is 1. The summed E-state index contributed by atoms with van der Waals surface area (Å²) in [6.45, 7) is 0.736. The van der Waals surface area contributed by atoms with Crippen molar-refractivity contribution >= 4 is 11.9 Å². The van der Waals surface area contributed by atoms with Crippen molar-refractivity contribution in [2.45, 2.75) is 38.1 Å². The largest absolute Gasteiger partial charge is 0.367 e. The Balaban J connectivity index is 1.67. The molecule has 0 unspecified atom stereocenters. The molecule has 1 aromatic heterocycles. The van der Waals surface area contributed by atoms with Crippen LogP contribution in [-0.4, -0.2) is 32.5 Å². The number of anilines is 1. The zero-order valence-electron chi connectivity index (χ0n) is 12.8. The fourth-order valence-electron chi connectivity index (χ4n) is 3.05. The number of nitrogens with one attached hydrogen (secondary N) is 1. The van der Waals surface area contributed by atoms with Crippen molar-refractivity contribution < 1.29 is 9.18 Å². The molecule has 0 aliphatic carbocycles. The molecule has 1 saturated heterocycles. The van der Waals surface area contributed by atoms with Crippen LogP contribution in [0.4, 0.5) is 10.3 Å². The number of likely N-dealkylation sites (tertiary alicyclic amines) is 1. The van der Waals surface area contributed by atoms with E-state index in [0.29, 0.717) is 18.7 Å². The molecule has 2 aromatic rings. The molecule has 6 nitrogen and oxygen atoms in total. The van der Waals surface area contributed by atoms with Gasteiger partial charge in [-0.15, -0.1) is 5.10 Å². The van der Waals surface area contributed by atoms with E-state index in [-0.39, 0.29) is 23.7 Å². The van der Waals surface area contributed by atoms with E-state index in [1.165, 1.54) is 12.1 Å². The molecule has 0 radical (unpaired) electrons. The molecule has 1 aliphatic heterocycles. The Hall–Kier alpha value is -2.44. The summed E-state index contributed by atoms with van der Waals surface area (Å²) in [6.07, 6.45) is 3.82. The molecule has 1 fully saturated rings. The zero-order chi connectivity index (χ0) is 16.2. The minimum Gasteiger partial charge on any atom is -0.367 e. The summed E-state index contributed by atoms with van der Waals surface area (Å²) in [5.41, 5.74) is 6.45. The Morgan fingerprint density at radius 3 is 2.83 bits per heavy atom. The lowest BCUT2D eigenvalue weighted by Crippen LogP contribution is -2.38. The molecule has 1 amide bonds. The molecular formula is C16H20FN5O. The third-order valence-corrected chi connectivity index (χ3v) is 4.20. The molecule has 3 N–H and O–H groups in total. The van der Waals surface area contributed by atoms with Crippen LogP contribution in [0.25, 0.3) is 0 Å². The second-order valence-electron chi connectivity index (χ2n) is 5.79. The molecule has 0 saturated carbocycles. The summed E-state index contributed by atoms with van der Waals surface area (Å²) in [5, 5.41) is 6.47. The maximum atomic E-state index is 13.1. The monoisotopic (exact) mass is 317 g/mol. The van der Waals surface area contributed by atoms with Crippen LogP contribution in [-0.2, 0) is 11.2 Å². The molecule has 122 valence electrons. The number of rotatable bonds is 4. The second kappa shape index (κ2) is 6.76. The number of nitrogen functional groups attached to an aromatic ring is 1. The molecule has 1 aromatic carbocycles. The minimum absolute atomic E-state index is 0.0247. The Labute approximate surface area is 133 Å². The van der Waals surface area contributed by atoms with Gasteiger partial charge in [-0.2, -0.15) is 4.98 Å². The van der Waals surface area contributed by atoms with E-state index in [4.69, 9.17) is 5.73 Å². The molecule has 0 bridgehead atoms. The van der Waals surface area contributed by atoms with Gasteiger partial charge in [-0.25, -0.2) is 4.39 Å². The van der Waals surface area contributed by atoms with E-state index in [1.807, 2.05) is 4.90 Å². The third kappa shape index (κ3) is 3.67. The van der Waals surface area contributed by atoms with Crippen molar-refractivity contribution in [3.05, 3.63) is 41.5 Å². The van der Waals surface area contributed by atoms with Crippen molar-refractivity contribution in [1.82, 2.24) is 20.1 Å². The maximum absolute atomic E-state index is 13.1. The van der Waals surface area contributed by atoms with E-state index >= 15 is 0 Å². The maximum Gasteiger partial charge on any atom is 0.239 e. The molecule has 1 atom stereocenters. The van der Waals surface area contributed by atoms with Crippen molar-refractivity contribution in [2.75, 3.05) is 12.3 Å². The first-order valence-electron chi connectivity index (χ1n) is 7.85. The fourth-order valence-corrected chi connectivity index (χ4v) is 3.05.